The van der Waals surface area contributed by atoms with E-state index in [1.807, 2.05) is 30.3 Å². The summed E-state index contributed by atoms with van der Waals surface area (Å²) < 4.78 is 0. The zero-order valence-corrected chi connectivity index (χ0v) is 12.3. The van der Waals surface area contributed by atoms with E-state index in [-0.39, 0.29) is 23.0 Å². The molecule has 0 fully saturated rings. The van der Waals surface area contributed by atoms with Gasteiger partial charge in [-0.25, -0.2) is 0 Å². The molecule has 0 radical (unpaired) electrons. The van der Waals surface area contributed by atoms with Crippen molar-refractivity contribution in [3.05, 3.63) is 83.6 Å². The number of ketones is 1. The lowest BCUT2D eigenvalue weighted by Gasteiger charge is -1.98. The molecule has 0 amide bonds. The number of allylic oxidation sites excluding steroid dienone is 3. The van der Waals surface area contributed by atoms with E-state index in [0.29, 0.717) is 5.56 Å². The minimum Gasteiger partial charge on any atom is -0.508 e. The van der Waals surface area contributed by atoms with Gasteiger partial charge in [-0.3, -0.25) is 4.79 Å². The number of benzene rings is 2. The van der Waals surface area contributed by atoms with E-state index in [2.05, 4.69) is 0 Å². The lowest BCUT2D eigenvalue weighted by molar-refractivity contribution is -0.110. The van der Waals surface area contributed by atoms with E-state index < -0.39 is 0 Å². The minimum absolute atomic E-state index is 0.208. The van der Waals surface area contributed by atoms with Crippen LogP contribution in [0.4, 0.5) is 0 Å². The molecule has 23 heavy (non-hydrogen) atoms. The maximum absolute atomic E-state index is 11.7. The number of rotatable bonds is 5. The third-order valence-corrected chi connectivity index (χ3v) is 2.98. The number of carbonyl (C=O) groups excluding carboxylic acids is 1. The molecule has 0 saturated carbocycles. The van der Waals surface area contributed by atoms with Gasteiger partial charge in [0.15, 0.2) is 17.3 Å². The van der Waals surface area contributed by atoms with Gasteiger partial charge >= 0.3 is 0 Å². The molecule has 0 spiro atoms. The summed E-state index contributed by atoms with van der Waals surface area (Å²) in [6, 6.07) is 13.6. The molecule has 3 N–H and O–H groups in total. The van der Waals surface area contributed by atoms with Gasteiger partial charge in [-0.2, -0.15) is 0 Å². The lowest BCUT2D eigenvalue weighted by atomic mass is 10.1. The number of aromatic hydroxyl groups is 2. The molecule has 2 aromatic carbocycles. The third-order valence-electron chi connectivity index (χ3n) is 2.98. The van der Waals surface area contributed by atoms with Crippen LogP contribution < -0.4 is 0 Å². The largest absolute Gasteiger partial charge is 0.508 e. The molecule has 4 heteroatoms. The Balaban J connectivity index is 2.01. The highest BCUT2D eigenvalue weighted by molar-refractivity contribution is 6.02. The van der Waals surface area contributed by atoms with Gasteiger partial charge in [-0.1, -0.05) is 48.6 Å². The van der Waals surface area contributed by atoms with Crippen molar-refractivity contribution in [2.75, 3.05) is 0 Å². The molecule has 2 rings (SSSR count). The van der Waals surface area contributed by atoms with E-state index in [4.69, 9.17) is 0 Å². The van der Waals surface area contributed by atoms with Crippen molar-refractivity contribution in [2.45, 2.75) is 0 Å². The molecule has 4 nitrogen and oxygen atoms in total. The third kappa shape index (κ3) is 5.21. The summed E-state index contributed by atoms with van der Waals surface area (Å²) in [6.45, 7) is 0. The quantitative estimate of drug-likeness (QED) is 0.339. The van der Waals surface area contributed by atoms with Crippen LogP contribution in [-0.2, 0) is 4.79 Å². The number of phenolic OH excluding ortho intramolecular Hbond substituents is 2. The molecular weight excluding hydrogens is 292 g/mol. The van der Waals surface area contributed by atoms with Gasteiger partial charge in [0.05, 0.1) is 0 Å². The van der Waals surface area contributed by atoms with Crippen molar-refractivity contribution >= 4 is 17.9 Å². The van der Waals surface area contributed by atoms with Gasteiger partial charge < -0.3 is 15.3 Å². The molecule has 0 saturated heterocycles. The topological polar surface area (TPSA) is 77.8 Å². The predicted octanol–water partition coefficient (Wildman–Crippen LogP) is 3.84. The number of hydrogen-bond acceptors (Lipinski definition) is 4. The van der Waals surface area contributed by atoms with E-state index in [9.17, 15) is 20.1 Å². The normalized spacial score (nSPS) is 12.1. The smallest absolute Gasteiger partial charge is 0.182 e. The maximum atomic E-state index is 11.7. The number of aliphatic hydroxyl groups excluding tert-OH is 1. The fraction of sp³-hybridized carbons (Fsp3) is 0. The number of carbonyl (C=O) groups is 1. The van der Waals surface area contributed by atoms with Gasteiger partial charge in [-0.15, -0.1) is 0 Å². The Morgan fingerprint density at radius 1 is 0.826 bits per heavy atom. The second-order valence-electron chi connectivity index (χ2n) is 4.80. The number of aliphatic hydroxyl groups is 1. The minimum atomic E-state index is -0.343. The summed E-state index contributed by atoms with van der Waals surface area (Å²) >= 11 is 0. The van der Waals surface area contributed by atoms with Gasteiger partial charge in [0.25, 0.3) is 0 Å². The second-order valence-corrected chi connectivity index (χ2v) is 4.80. The Hall–Kier alpha value is -3.27. The van der Waals surface area contributed by atoms with E-state index in [1.54, 1.807) is 12.1 Å². The first kappa shape index (κ1) is 16.1. The molecular formula is C19H16O4. The SMILES string of the molecule is O=C(/C=C(O)/C=C/c1ccc(O)c(O)c1)/C=C/c1ccccc1. The Morgan fingerprint density at radius 2 is 1.52 bits per heavy atom. The van der Waals surface area contributed by atoms with Gasteiger partial charge in [-0.05, 0) is 35.4 Å². The monoisotopic (exact) mass is 308 g/mol. The second kappa shape index (κ2) is 7.66. The summed E-state index contributed by atoms with van der Waals surface area (Å²) in [5.41, 5.74) is 1.47. The summed E-state index contributed by atoms with van der Waals surface area (Å²) in [5, 5.41) is 28.3. The van der Waals surface area contributed by atoms with Gasteiger partial charge in [0.2, 0.25) is 0 Å². The van der Waals surface area contributed by atoms with Crippen molar-refractivity contribution < 1.29 is 20.1 Å². The van der Waals surface area contributed by atoms with Crippen LogP contribution in [0.5, 0.6) is 11.5 Å². The van der Waals surface area contributed by atoms with Crippen molar-refractivity contribution in [1.29, 1.82) is 0 Å². The molecule has 2 aromatic rings. The lowest BCUT2D eigenvalue weighted by Crippen LogP contribution is -1.88. The van der Waals surface area contributed by atoms with Gasteiger partial charge in [0.1, 0.15) is 5.76 Å². The Bertz CT molecular complexity index is 771. The molecule has 116 valence electrons. The average Bonchev–Trinajstić information content (AvgIpc) is 2.55. The van der Waals surface area contributed by atoms with Crippen molar-refractivity contribution in [2.24, 2.45) is 0 Å². The predicted molar refractivity (Wildman–Crippen MR) is 90.0 cm³/mol. The van der Waals surface area contributed by atoms with E-state index >= 15 is 0 Å². The fourth-order valence-corrected chi connectivity index (χ4v) is 1.81. The van der Waals surface area contributed by atoms with E-state index in [1.165, 1.54) is 30.4 Å². The summed E-state index contributed by atoms with van der Waals surface area (Å²) in [4.78, 5) is 11.7. The molecule has 0 bridgehead atoms. The standard InChI is InChI=1S/C19H16O4/c20-16(9-6-14-4-2-1-3-5-14)13-17(21)10-7-15-8-11-18(22)19(23)12-15/h1-13,21-23H/b9-6+,10-7+,17-13-. The highest BCUT2D eigenvalue weighted by Gasteiger charge is 1.98. The summed E-state index contributed by atoms with van der Waals surface area (Å²) in [5.74, 6) is -1.02. The van der Waals surface area contributed by atoms with Gasteiger partial charge in [0, 0.05) is 6.08 Å². The highest BCUT2D eigenvalue weighted by Crippen LogP contribution is 2.25. The van der Waals surface area contributed by atoms with Crippen molar-refractivity contribution in [3.8, 4) is 11.5 Å². The molecule has 0 aliphatic carbocycles. The van der Waals surface area contributed by atoms with Crippen LogP contribution in [0.3, 0.4) is 0 Å². The van der Waals surface area contributed by atoms with Crippen LogP contribution in [0.15, 0.2) is 72.5 Å². The molecule has 0 aliphatic rings. The van der Waals surface area contributed by atoms with Crippen LogP contribution in [0.2, 0.25) is 0 Å². The van der Waals surface area contributed by atoms with Crippen molar-refractivity contribution in [1.82, 2.24) is 0 Å². The Kier molecular flexibility index (Phi) is 5.36. The van der Waals surface area contributed by atoms with Crippen LogP contribution >= 0.6 is 0 Å². The molecule has 0 aromatic heterocycles. The van der Waals surface area contributed by atoms with E-state index in [0.717, 1.165) is 11.6 Å². The molecule has 0 aliphatic heterocycles. The van der Waals surface area contributed by atoms with Crippen molar-refractivity contribution in [3.63, 3.8) is 0 Å². The number of phenols is 2. The molecule has 0 unspecified atom stereocenters. The first-order valence-corrected chi connectivity index (χ1v) is 6.92. The zero-order valence-electron chi connectivity index (χ0n) is 12.3. The first-order chi connectivity index (χ1) is 11.0. The van der Waals surface area contributed by atoms with Crippen LogP contribution in [0.1, 0.15) is 11.1 Å². The van der Waals surface area contributed by atoms with Crippen LogP contribution in [0, 0.1) is 0 Å². The fourth-order valence-electron chi connectivity index (χ4n) is 1.81. The van der Waals surface area contributed by atoms with Crippen LogP contribution in [0.25, 0.3) is 12.2 Å². The maximum Gasteiger partial charge on any atom is 0.182 e. The summed E-state index contributed by atoms with van der Waals surface area (Å²) in [6.07, 6.45) is 6.97. The molecule has 0 atom stereocenters. The highest BCUT2D eigenvalue weighted by atomic mass is 16.3. The summed E-state index contributed by atoms with van der Waals surface area (Å²) in [7, 11) is 0. The number of hydrogen-bond donors (Lipinski definition) is 3. The van der Waals surface area contributed by atoms with Crippen LogP contribution in [-0.4, -0.2) is 21.1 Å². The molecule has 0 heterocycles. The Morgan fingerprint density at radius 3 is 2.22 bits per heavy atom. The first-order valence-electron chi connectivity index (χ1n) is 6.92. The average molecular weight is 308 g/mol. The zero-order chi connectivity index (χ0) is 16.7. The Labute approximate surface area is 134 Å².